The number of hydrogen-bond donors (Lipinski definition) is 1. The first kappa shape index (κ1) is 14.5. The molecule has 1 amide bonds. The van der Waals surface area contributed by atoms with Gasteiger partial charge in [-0.3, -0.25) is 10.1 Å². The van der Waals surface area contributed by atoms with Crippen LogP contribution in [0.3, 0.4) is 0 Å². The van der Waals surface area contributed by atoms with Crippen molar-refractivity contribution in [2.24, 2.45) is 0 Å². The zero-order chi connectivity index (χ0) is 13.8. The molecule has 2 atom stereocenters. The van der Waals surface area contributed by atoms with Gasteiger partial charge in [-0.1, -0.05) is 19.9 Å². The molecule has 1 N–H and O–H groups in total. The van der Waals surface area contributed by atoms with Crippen LogP contribution in [0.4, 0.5) is 0 Å². The molecular formula is C14H23N3OS. The molecule has 1 aliphatic rings. The van der Waals surface area contributed by atoms with E-state index in [0.717, 1.165) is 26.2 Å². The average molecular weight is 281 g/mol. The van der Waals surface area contributed by atoms with E-state index in [1.54, 1.807) is 11.3 Å². The fourth-order valence-electron chi connectivity index (χ4n) is 2.48. The second-order valence-electron chi connectivity index (χ2n) is 4.86. The highest BCUT2D eigenvalue weighted by Crippen LogP contribution is 2.28. The average Bonchev–Trinajstić information content (AvgIpc) is 3.02. The number of amides is 1. The van der Waals surface area contributed by atoms with E-state index in [2.05, 4.69) is 35.5 Å². The van der Waals surface area contributed by atoms with E-state index in [0.29, 0.717) is 0 Å². The Balaban J connectivity index is 2.04. The summed E-state index contributed by atoms with van der Waals surface area (Å²) in [4.78, 5) is 17.8. The lowest BCUT2D eigenvalue weighted by atomic mass is 10.3. The van der Waals surface area contributed by atoms with Crippen molar-refractivity contribution >= 4 is 17.2 Å². The summed E-state index contributed by atoms with van der Waals surface area (Å²) in [5, 5.41) is 5.45. The van der Waals surface area contributed by atoms with Gasteiger partial charge >= 0.3 is 0 Å². The lowest BCUT2D eigenvalue weighted by molar-refractivity contribution is -0.130. The van der Waals surface area contributed by atoms with Crippen LogP contribution < -0.4 is 5.32 Å². The summed E-state index contributed by atoms with van der Waals surface area (Å²) in [7, 11) is 0. The zero-order valence-electron chi connectivity index (χ0n) is 11.9. The van der Waals surface area contributed by atoms with Crippen LogP contribution in [-0.2, 0) is 4.79 Å². The Kier molecular flexibility index (Phi) is 4.96. The number of thiophene rings is 1. The van der Waals surface area contributed by atoms with Crippen LogP contribution in [0.2, 0.25) is 0 Å². The van der Waals surface area contributed by atoms with Crippen LogP contribution in [0.5, 0.6) is 0 Å². The number of carbonyl (C=O) groups is 1. The topological polar surface area (TPSA) is 35.6 Å². The molecule has 2 heterocycles. The van der Waals surface area contributed by atoms with Crippen molar-refractivity contribution in [3.05, 3.63) is 22.4 Å². The molecule has 1 aromatic rings. The Morgan fingerprint density at radius 1 is 1.42 bits per heavy atom. The second-order valence-corrected chi connectivity index (χ2v) is 5.84. The largest absolute Gasteiger partial charge is 0.319 e. The van der Waals surface area contributed by atoms with Crippen molar-refractivity contribution in [2.45, 2.75) is 33.0 Å². The van der Waals surface area contributed by atoms with Crippen LogP contribution >= 0.6 is 11.3 Å². The third kappa shape index (κ3) is 3.16. The summed E-state index contributed by atoms with van der Waals surface area (Å²) in [6, 6.07) is 4.05. The van der Waals surface area contributed by atoms with Crippen molar-refractivity contribution < 1.29 is 4.79 Å². The molecule has 1 aliphatic heterocycles. The molecule has 0 radical (unpaired) electrons. The van der Waals surface area contributed by atoms with Gasteiger partial charge in [-0.15, -0.1) is 11.3 Å². The van der Waals surface area contributed by atoms with Gasteiger partial charge < -0.3 is 9.80 Å². The molecule has 1 saturated heterocycles. The molecule has 1 aromatic heterocycles. The minimum absolute atomic E-state index is 0.0538. The van der Waals surface area contributed by atoms with Crippen LogP contribution in [0.1, 0.15) is 31.8 Å². The number of hydrogen-bond acceptors (Lipinski definition) is 4. The Hall–Kier alpha value is -0.910. The van der Waals surface area contributed by atoms with Crippen molar-refractivity contribution in [1.82, 2.24) is 15.1 Å². The fourth-order valence-corrected chi connectivity index (χ4v) is 3.28. The summed E-state index contributed by atoms with van der Waals surface area (Å²) in [5.74, 6) is 0.213. The second kappa shape index (κ2) is 6.50. The van der Waals surface area contributed by atoms with E-state index in [4.69, 9.17) is 0 Å². The Morgan fingerprint density at radius 2 is 2.16 bits per heavy atom. The molecule has 4 nitrogen and oxygen atoms in total. The third-order valence-corrected chi connectivity index (χ3v) is 4.66. The van der Waals surface area contributed by atoms with Gasteiger partial charge in [0.1, 0.15) is 6.17 Å². The van der Waals surface area contributed by atoms with Gasteiger partial charge in [0.25, 0.3) is 0 Å². The van der Waals surface area contributed by atoms with Gasteiger partial charge in [-0.05, 0) is 31.5 Å². The normalized spacial score (nSPS) is 23.6. The number of nitrogens with one attached hydrogen (secondary N) is 1. The fraction of sp³-hybridized carbons (Fsp3) is 0.643. The Morgan fingerprint density at radius 3 is 2.74 bits per heavy atom. The highest BCUT2D eigenvalue weighted by Gasteiger charge is 2.37. The molecule has 0 aromatic carbocycles. The van der Waals surface area contributed by atoms with Crippen LogP contribution in [0.25, 0.3) is 0 Å². The molecule has 19 heavy (non-hydrogen) atoms. The number of rotatable bonds is 6. The molecular weight excluding hydrogens is 258 g/mol. The maximum absolute atomic E-state index is 12.2. The molecule has 5 heteroatoms. The molecule has 0 aliphatic carbocycles. The molecule has 0 saturated carbocycles. The smallest absolute Gasteiger partial charge is 0.241 e. The predicted molar refractivity (Wildman–Crippen MR) is 79.2 cm³/mol. The number of likely N-dealkylation sites (N-methyl/N-ethyl adjacent to an activating group) is 1. The summed E-state index contributed by atoms with van der Waals surface area (Å²) in [5.41, 5.74) is 0. The van der Waals surface area contributed by atoms with Crippen molar-refractivity contribution in [3.63, 3.8) is 0 Å². The van der Waals surface area contributed by atoms with Gasteiger partial charge in [0.05, 0.1) is 6.04 Å². The Bertz CT molecular complexity index is 403. The van der Waals surface area contributed by atoms with Crippen molar-refractivity contribution in [2.75, 3.05) is 26.2 Å². The Labute approximate surface area is 119 Å². The van der Waals surface area contributed by atoms with Crippen molar-refractivity contribution in [3.8, 4) is 0 Å². The first-order valence-corrected chi connectivity index (χ1v) is 7.87. The van der Waals surface area contributed by atoms with Gasteiger partial charge in [0, 0.05) is 18.0 Å². The van der Waals surface area contributed by atoms with Crippen LogP contribution in [0.15, 0.2) is 17.5 Å². The van der Waals surface area contributed by atoms with E-state index in [1.165, 1.54) is 4.88 Å². The lowest BCUT2D eigenvalue weighted by Gasteiger charge is -2.27. The summed E-state index contributed by atoms with van der Waals surface area (Å²) in [6.07, 6.45) is 0.0538. The zero-order valence-corrected chi connectivity index (χ0v) is 12.7. The SMILES string of the molecule is CCN(CC)CCN1C(=O)C(C)NC1c1cccs1. The van der Waals surface area contributed by atoms with Crippen LogP contribution in [0, 0.1) is 0 Å². The first-order valence-electron chi connectivity index (χ1n) is 6.99. The highest BCUT2D eigenvalue weighted by molar-refractivity contribution is 7.10. The summed E-state index contributed by atoms with van der Waals surface area (Å²) < 4.78 is 0. The van der Waals surface area contributed by atoms with E-state index < -0.39 is 0 Å². The van der Waals surface area contributed by atoms with Gasteiger partial charge in [-0.25, -0.2) is 0 Å². The maximum Gasteiger partial charge on any atom is 0.241 e. The van der Waals surface area contributed by atoms with Gasteiger partial charge in [0.15, 0.2) is 0 Å². The van der Waals surface area contributed by atoms with E-state index in [9.17, 15) is 4.79 Å². The number of nitrogens with zero attached hydrogens (tertiary/aromatic N) is 2. The first-order chi connectivity index (χ1) is 9.17. The molecule has 0 spiro atoms. The molecule has 2 rings (SSSR count). The summed E-state index contributed by atoms with van der Waals surface area (Å²) >= 11 is 1.70. The van der Waals surface area contributed by atoms with Crippen LogP contribution in [-0.4, -0.2) is 47.9 Å². The molecule has 2 unspecified atom stereocenters. The minimum Gasteiger partial charge on any atom is -0.319 e. The van der Waals surface area contributed by atoms with Crippen molar-refractivity contribution in [1.29, 1.82) is 0 Å². The monoisotopic (exact) mass is 281 g/mol. The van der Waals surface area contributed by atoms with Gasteiger partial charge in [0.2, 0.25) is 5.91 Å². The summed E-state index contributed by atoms with van der Waals surface area (Å²) in [6.45, 7) is 10.1. The molecule has 1 fully saturated rings. The predicted octanol–water partition coefficient (Wildman–Crippen LogP) is 1.91. The quantitative estimate of drug-likeness (QED) is 0.865. The van der Waals surface area contributed by atoms with E-state index in [1.807, 2.05) is 17.9 Å². The molecule has 106 valence electrons. The van der Waals surface area contributed by atoms with E-state index >= 15 is 0 Å². The highest BCUT2D eigenvalue weighted by atomic mass is 32.1. The maximum atomic E-state index is 12.2. The standard InChI is InChI=1S/C14H23N3OS/c1-4-16(5-2)8-9-17-13(12-7-6-10-19-12)15-11(3)14(17)18/h6-7,10-11,13,15H,4-5,8-9H2,1-3H3. The molecule has 0 bridgehead atoms. The number of carbonyl (C=O) groups excluding carboxylic acids is 1. The van der Waals surface area contributed by atoms with E-state index in [-0.39, 0.29) is 18.1 Å². The minimum atomic E-state index is -0.0798. The lowest BCUT2D eigenvalue weighted by Crippen LogP contribution is -2.38. The third-order valence-electron chi connectivity index (χ3n) is 3.74. The van der Waals surface area contributed by atoms with Gasteiger partial charge in [-0.2, -0.15) is 0 Å².